The van der Waals surface area contributed by atoms with Crippen LogP contribution >= 0.6 is 0 Å². The largest absolute Gasteiger partial charge is 0.462 e. The molecule has 0 saturated carbocycles. The van der Waals surface area contributed by atoms with Crippen LogP contribution in [-0.2, 0) is 28.6 Å². The molecule has 0 radical (unpaired) electrons. The van der Waals surface area contributed by atoms with Gasteiger partial charge in [0.05, 0.1) is 0 Å². The molecular formula is C70H126O6. The van der Waals surface area contributed by atoms with E-state index >= 15 is 0 Å². The Morgan fingerprint density at radius 2 is 0.526 bits per heavy atom. The van der Waals surface area contributed by atoms with Gasteiger partial charge in [0.1, 0.15) is 13.2 Å². The van der Waals surface area contributed by atoms with Crippen molar-refractivity contribution in [3.05, 3.63) is 60.8 Å². The lowest BCUT2D eigenvalue weighted by molar-refractivity contribution is -0.167. The Hall–Kier alpha value is -2.89. The van der Waals surface area contributed by atoms with Gasteiger partial charge in [-0.25, -0.2) is 0 Å². The summed E-state index contributed by atoms with van der Waals surface area (Å²) in [6.45, 7) is 6.51. The van der Waals surface area contributed by atoms with Crippen LogP contribution in [-0.4, -0.2) is 37.2 Å². The summed E-state index contributed by atoms with van der Waals surface area (Å²) in [5.74, 6) is -0.898. The van der Waals surface area contributed by atoms with Crippen molar-refractivity contribution < 1.29 is 28.6 Å². The van der Waals surface area contributed by atoms with Gasteiger partial charge in [-0.15, -0.1) is 0 Å². The number of carbonyl (C=O) groups is 3. The molecule has 0 aromatic carbocycles. The third kappa shape index (κ3) is 62.0. The summed E-state index contributed by atoms with van der Waals surface area (Å²) < 4.78 is 16.9. The molecule has 0 amide bonds. The molecule has 6 heteroatoms. The molecule has 0 saturated heterocycles. The zero-order valence-corrected chi connectivity index (χ0v) is 50.8. The van der Waals surface area contributed by atoms with Crippen molar-refractivity contribution in [2.45, 2.75) is 354 Å². The number of allylic oxidation sites excluding steroid dienone is 10. The van der Waals surface area contributed by atoms with E-state index in [1.165, 1.54) is 193 Å². The minimum Gasteiger partial charge on any atom is -0.462 e. The van der Waals surface area contributed by atoms with Crippen LogP contribution in [0.15, 0.2) is 60.8 Å². The summed E-state index contributed by atoms with van der Waals surface area (Å²) >= 11 is 0. The first kappa shape index (κ1) is 73.1. The maximum atomic E-state index is 12.9. The zero-order chi connectivity index (χ0) is 55.0. The number of hydrogen-bond acceptors (Lipinski definition) is 6. The maximum absolute atomic E-state index is 12.9. The first-order valence-electron chi connectivity index (χ1n) is 33.3. The van der Waals surface area contributed by atoms with Gasteiger partial charge in [0.15, 0.2) is 6.10 Å². The summed E-state index contributed by atoms with van der Waals surface area (Å²) in [7, 11) is 0. The van der Waals surface area contributed by atoms with E-state index in [2.05, 4.69) is 81.5 Å². The minimum atomic E-state index is -0.789. The van der Waals surface area contributed by atoms with Crippen LogP contribution < -0.4 is 0 Å². The highest BCUT2D eigenvalue weighted by molar-refractivity contribution is 5.71. The molecule has 0 bridgehead atoms. The number of esters is 3. The van der Waals surface area contributed by atoms with Crippen LogP contribution in [0.25, 0.3) is 0 Å². The van der Waals surface area contributed by atoms with Gasteiger partial charge in [0.25, 0.3) is 0 Å². The monoisotopic (exact) mass is 1060 g/mol. The van der Waals surface area contributed by atoms with Crippen LogP contribution in [0.1, 0.15) is 348 Å². The summed E-state index contributed by atoms with van der Waals surface area (Å²) in [5, 5.41) is 0. The van der Waals surface area contributed by atoms with Gasteiger partial charge >= 0.3 is 17.9 Å². The van der Waals surface area contributed by atoms with E-state index in [0.29, 0.717) is 19.3 Å². The summed E-state index contributed by atoms with van der Waals surface area (Å²) in [6, 6.07) is 0. The molecule has 0 spiro atoms. The molecule has 0 rings (SSSR count). The summed E-state index contributed by atoms with van der Waals surface area (Å²) in [5.41, 5.74) is 0. The molecule has 0 fully saturated rings. The van der Waals surface area contributed by atoms with E-state index in [1.807, 2.05) is 0 Å². The lowest BCUT2D eigenvalue weighted by atomic mass is 10.0. The minimum absolute atomic E-state index is 0.0831. The molecule has 1 unspecified atom stereocenters. The molecule has 6 nitrogen and oxygen atoms in total. The molecule has 0 aliphatic carbocycles. The van der Waals surface area contributed by atoms with Gasteiger partial charge < -0.3 is 14.2 Å². The highest BCUT2D eigenvalue weighted by Gasteiger charge is 2.19. The lowest BCUT2D eigenvalue weighted by Crippen LogP contribution is -2.30. The Balaban J connectivity index is 4.18. The van der Waals surface area contributed by atoms with Crippen LogP contribution in [0.4, 0.5) is 0 Å². The smallest absolute Gasteiger partial charge is 0.306 e. The maximum Gasteiger partial charge on any atom is 0.306 e. The number of rotatable bonds is 61. The summed E-state index contributed by atoms with van der Waals surface area (Å²) in [4.78, 5) is 38.3. The van der Waals surface area contributed by atoms with Crippen molar-refractivity contribution in [3.8, 4) is 0 Å². The second kappa shape index (κ2) is 64.6. The van der Waals surface area contributed by atoms with E-state index in [9.17, 15) is 14.4 Å². The quantitative estimate of drug-likeness (QED) is 0.0261. The lowest BCUT2D eigenvalue weighted by Gasteiger charge is -2.18. The van der Waals surface area contributed by atoms with Crippen molar-refractivity contribution in [1.82, 2.24) is 0 Å². The van der Waals surface area contributed by atoms with Crippen molar-refractivity contribution in [1.29, 1.82) is 0 Å². The van der Waals surface area contributed by atoms with Crippen molar-refractivity contribution in [3.63, 3.8) is 0 Å². The van der Waals surface area contributed by atoms with E-state index < -0.39 is 6.10 Å². The van der Waals surface area contributed by atoms with E-state index in [1.54, 1.807) is 0 Å². The topological polar surface area (TPSA) is 78.9 Å². The number of carbonyl (C=O) groups excluding carboxylic acids is 3. The Morgan fingerprint density at radius 1 is 0.276 bits per heavy atom. The van der Waals surface area contributed by atoms with E-state index in [4.69, 9.17) is 14.2 Å². The Kier molecular flexibility index (Phi) is 62.2. The third-order valence-electron chi connectivity index (χ3n) is 14.8. The number of hydrogen-bond donors (Lipinski definition) is 0. The van der Waals surface area contributed by atoms with Gasteiger partial charge in [0.2, 0.25) is 0 Å². The molecule has 1 atom stereocenters. The fourth-order valence-electron chi connectivity index (χ4n) is 9.77. The van der Waals surface area contributed by atoms with E-state index in [-0.39, 0.29) is 31.1 Å². The second-order valence-corrected chi connectivity index (χ2v) is 22.4. The second-order valence-electron chi connectivity index (χ2n) is 22.4. The molecule has 0 heterocycles. The van der Waals surface area contributed by atoms with Gasteiger partial charge in [-0.3, -0.25) is 14.4 Å². The highest BCUT2D eigenvalue weighted by atomic mass is 16.6. The standard InChI is InChI=1S/C70H126O6/c1-4-7-10-13-16-19-22-25-28-29-30-31-32-33-34-35-36-37-38-39-40-41-43-45-48-51-54-57-60-63-69(72)75-66-67(65-74-68(71)62-59-56-53-50-47-44-27-24-21-18-15-12-9-6-3)76-70(73)64-61-58-55-52-49-46-42-26-23-20-17-14-11-8-5-2/h8,11,15,17-18,20,24,26-27,42,67H,4-7,9-10,12-14,16,19,21-23,25,28-41,43-66H2,1-3H3/b11-8-,18-15-,20-17-,27-24-,42-26-. The van der Waals surface area contributed by atoms with Crippen molar-refractivity contribution in [2.75, 3.05) is 13.2 Å². The van der Waals surface area contributed by atoms with Crippen molar-refractivity contribution >= 4 is 17.9 Å². The Labute approximate surface area is 472 Å². The molecule has 0 aromatic heterocycles. The first-order chi connectivity index (χ1) is 37.5. The fourth-order valence-corrected chi connectivity index (χ4v) is 9.77. The molecule has 0 aliphatic heterocycles. The van der Waals surface area contributed by atoms with Crippen LogP contribution in [0.2, 0.25) is 0 Å². The van der Waals surface area contributed by atoms with Crippen LogP contribution in [0, 0.1) is 0 Å². The average molecular weight is 1060 g/mol. The number of unbranched alkanes of at least 4 members (excludes halogenated alkanes) is 40. The van der Waals surface area contributed by atoms with Gasteiger partial charge in [-0.2, -0.15) is 0 Å². The Morgan fingerprint density at radius 3 is 0.842 bits per heavy atom. The van der Waals surface area contributed by atoms with Gasteiger partial charge in [-0.05, 0) is 77.0 Å². The van der Waals surface area contributed by atoms with Gasteiger partial charge in [0, 0.05) is 19.3 Å². The molecule has 76 heavy (non-hydrogen) atoms. The number of ether oxygens (including phenoxy) is 3. The summed E-state index contributed by atoms with van der Waals surface area (Å²) in [6.07, 6.45) is 82.5. The molecule has 442 valence electrons. The molecule has 0 N–H and O–H groups in total. The molecule has 0 aromatic rings. The SMILES string of the molecule is CC/C=C\C/C=C\C/C=C\CCCCCCCC(=O)OC(COC(=O)CCCCCCC/C=C\C/C=C\CCCC)COC(=O)CCCCCCCCCCCCCCCCCCCCCCCCCCCCCCC. The highest BCUT2D eigenvalue weighted by Crippen LogP contribution is 2.18. The predicted molar refractivity (Wildman–Crippen MR) is 330 cm³/mol. The molecular weight excluding hydrogens is 937 g/mol. The van der Waals surface area contributed by atoms with Crippen molar-refractivity contribution in [2.24, 2.45) is 0 Å². The Bertz CT molecular complexity index is 1360. The van der Waals surface area contributed by atoms with Gasteiger partial charge in [-0.1, -0.05) is 313 Å². The van der Waals surface area contributed by atoms with Crippen LogP contribution in [0.5, 0.6) is 0 Å². The average Bonchev–Trinajstić information content (AvgIpc) is 3.42. The first-order valence-corrected chi connectivity index (χ1v) is 33.3. The predicted octanol–water partition coefficient (Wildman–Crippen LogP) is 22.7. The van der Waals surface area contributed by atoms with E-state index in [0.717, 1.165) is 116 Å². The molecule has 0 aliphatic rings. The van der Waals surface area contributed by atoms with Crippen LogP contribution in [0.3, 0.4) is 0 Å². The third-order valence-corrected chi connectivity index (χ3v) is 14.8. The fraction of sp³-hybridized carbons (Fsp3) is 0.814. The normalized spacial score (nSPS) is 12.4. The zero-order valence-electron chi connectivity index (χ0n) is 50.8.